The van der Waals surface area contributed by atoms with Crippen molar-refractivity contribution in [3.05, 3.63) is 49.6 Å². The highest BCUT2D eigenvalue weighted by atomic mass is 79.9. The number of para-hydroxylation sites is 1. The molecule has 1 aromatic carbocycles. The monoisotopic (exact) mass is 326 g/mol. The summed E-state index contributed by atoms with van der Waals surface area (Å²) in [7, 11) is 0. The lowest BCUT2D eigenvalue weighted by molar-refractivity contribution is 1.19. The number of hydrogen-bond acceptors (Lipinski definition) is 3. The molecule has 0 radical (unpaired) electrons. The quantitative estimate of drug-likeness (QED) is 0.891. The number of halogens is 2. The molecule has 0 amide bonds. The predicted octanol–water partition coefficient (Wildman–Crippen LogP) is 4.65. The van der Waals surface area contributed by atoms with E-state index < -0.39 is 0 Å². The topological polar surface area (TPSA) is 35.8 Å². The highest BCUT2D eigenvalue weighted by Gasteiger charge is 2.05. The minimum absolute atomic E-state index is 0.647. The van der Waals surface area contributed by atoms with Crippen LogP contribution in [0.5, 0.6) is 0 Å². The van der Waals surface area contributed by atoms with Crippen LogP contribution in [0.25, 0.3) is 0 Å². The normalized spacial score (nSPS) is 9.94. The molecule has 0 aliphatic rings. The molecule has 0 atom stereocenters. The third-order valence-corrected chi connectivity index (χ3v) is 4.67. The predicted molar refractivity (Wildman–Crippen MR) is 75.5 cm³/mol. The lowest BCUT2D eigenvalue weighted by Gasteiger charge is -2.05. The van der Waals surface area contributed by atoms with Gasteiger partial charge in [0.25, 0.3) is 0 Å². The van der Waals surface area contributed by atoms with Gasteiger partial charge in [-0.2, -0.15) is 5.26 Å². The van der Waals surface area contributed by atoms with E-state index in [1.165, 1.54) is 11.3 Å². The summed E-state index contributed by atoms with van der Waals surface area (Å²) in [5.41, 5.74) is 1.49. The van der Waals surface area contributed by atoms with Crippen LogP contribution in [0.2, 0.25) is 4.34 Å². The van der Waals surface area contributed by atoms with Crippen LogP contribution in [0.4, 0.5) is 5.69 Å². The zero-order chi connectivity index (χ0) is 12.3. The van der Waals surface area contributed by atoms with E-state index in [1.807, 2.05) is 24.3 Å². The van der Waals surface area contributed by atoms with Gasteiger partial charge in [-0.1, -0.05) is 23.7 Å². The maximum absolute atomic E-state index is 8.95. The summed E-state index contributed by atoms with van der Waals surface area (Å²) >= 11 is 10.9. The number of rotatable bonds is 3. The van der Waals surface area contributed by atoms with E-state index in [9.17, 15) is 0 Å². The number of hydrogen-bond donors (Lipinski definition) is 1. The van der Waals surface area contributed by atoms with Crippen LogP contribution < -0.4 is 5.32 Å². The molecule has 0 fully saturated rings. The van der Waals surface area contributed by atoms with Gasteiger partial charge in [0.2, 0.25) is 0 Å². The first-order chi connectivity index (χ1) is 8.20. The molecule has 0 spiro atoms. The van der Waals surface area contributed by atoms with Gasteiger partial charge in [0, 0.05) is 15.9 Å². The summed E-state index contributed by atoms with van der Waals surface area (Å²) < 4.78 is 1.66. The minimum atomic E-state index is 0.647. The van der Waals surface area contributed by atoms with Crippen LogP contribution in [0.3, 0.4) is 0 Å². The van der Waals surface area contributed by atoms with E-state index in [4.69, 9.17) is 16.9 Å². The lowest BCUT2D eigenvalue weighted by atomic mass is 10.2. The molecular formula is C12H8BrClN2S. The van der Waals surface area contributed by atoms with Crippen molar-refractivity contribution in [2.24, 2.45) is 0 Å². The Labute approximate surface area is 117 Å². The fourth-order valence-electron chi connectivity index (χ4n) is 1.40. The van der Waals surface area contributed by atoms with Crippen molar-refractivity contribution in [3.63, 3.8) is 0 Å². The van der Waals surface area contributed by atoms with Crippen LogP contribution in [0.15, 0.2) is 34.8 Å². The van der Waals surface area contributed by atoms with E-state index in [2.05, 4.69) is 27.3 Å². The second kappa shape index (κ2) is 5.54. The molecular weight excluding hydrogens is 320 g/mol. The van der Waals surface area contributed by atoms with Crippen LogP contribution in [0, 0.1) is 11.3 Å². The molecule has 1 N–H and O–H groups in total. The van der Waals surface area contributed by atoms with Crippen LogP contribution >= 0.6 is 38.9 Å². The SMILES string of the molecule is N#Cc1ccccc1NCc1cc(Br)c(Cl)s1. The van der Waals surface area contributed by atoms with Gasteiger partial charge in [0.1, 0.15) is 10.4 Å². The Hall–Kier alpha value is -1.02. The zero-order valence-electron chi connectivity index (χ0n) is 8.71. The molecule has 1 heterocycles. The third kappa shape index (κ3) is 3.01. The molecule has 5 heteroatoms. The Morgan fingerprint density at radius 2 is 2.18 bits per heavy atom. The van der Waals surface area contributed by atoms with Gasteiger partial charge < -0.3 is 5.32 Å². The summed E-state index contributed by atoms with van der Waals surface area (Å²) in [6.07, 6.45) is 0. The molecule has 0 aliphatic carbocycles. The van der Waals surface area contributed by atoms with Crippen molar-refractivity contribution in [3.8, 4) is 6.07 Å². The van der Waals surface area contributed by atoms with Crippen LogP contribution in [0.1, 0.15) is 10.4 Å². The van der Waals surface area contributed by atoms with E-state index in [0.717, 1.165) is 19.4 Å². The number of benzene rings is 1. The summed E-state index contributed by atoms with van der Waals surface area (Å²) in [6, 6.07) is 11.6. The number of nitrogens with zero attached hydrogens (tertiary/aromatic N) is 1. The second-order valence-electron chi connectivity index (χ2n) is 3.35. The third-order valence-electron chi connectivity index (χ3n) is 2.20. The molecule has 2 aromatic rings. The van der Waals surface area contributed by atoms with Crippen molar-refractivity contribution < 1.29 is 0 Å². The summed E-state index contributed by atoms with van der Waals surface area (Å²) in [5.74, 6) is 0. The Balaban J connectivity index is 2.10. The van der Waals surface area contributed by atoms with Gasteiger partial charge in [-0.05, 0) is 34.1 Å². The molecule has 1 aromatic heterocycles. The maximum Gasteiger partial charge on any atom is 0.107 e. The van der Waals surface area contributed by atoms with E-state index in [0.29, 0.717) is 12.1 Å². The summed E-state index contributed by atoms with van der Waals surface area (Å²) in [5, 5.41) is 12.2. The van der Waals surface area contributed by atoms with Crippen LogP contribution in [-0.4, -0.2) is 0 Å². The first-order valence-corrected chi connectivity index (χ1v) is 6.86. The number of nitrogens with one attached hydrogen (secondary N) is 1. The van der Waals surface area contributed by atoms with Crippen LogP contribution in [-0.2, 0) is 6.54 Å². The molecule has 17 heavy (non-hydrogen) atoms. The standard InChI is InChI=1S/C12H8BrClN2S/c13-10-5-9(17-12(10)14)7-16-11-4-2-1-3-8(11)6-15/h1-5,16H,7H2. The van der Waals surface area contributed by atoms with Gasteiger partial charge in [0.05, 0.1) is 11.3 Å². The summed E-state index contributed by atoms with van der Waals surface area (Å²) in [6.45, 7) is 0.661. The minimum Gasteiger partial charge on any atom is -0.379 e. The Morgan fingerprint density at radius 3 is 2.82 bits per heavy atom. The first kappa shape index (κ1) is 12.4. The van der Waals surface area contributed by atoms with Crippen molar-refractivity contribution in [1.29, 1.82) is 5.26 Å². The molecule has 86 valence electrons. The molecule has 0 saturated carbocycles. The molecule has 0 aliphatic heterocycles. The first-order valence-electron chi connectivity index (χ1n) is 4.87. The number of nitriles is 1. The fourth-order valence-corrected chi connectivity index (χ4v) is 3.13. The van der Waals surface area contributed by atoms with Crippen molar-refractivity contribution >= 4 is 44.6 Å². The Morgan fingerprint density at radius 1 is 1.41 bits per heavy atom. The largest absolute Gasteiger partial charge is 0.379 e. The van der Waals surface area contributed by atoms with E-state index in [1.54, 1.807) is 6.07 Å². The van der Waals surface area contributed by atoms with Gasteiger partial charge in [-0.25, -0.2) is 0 Å². The van der Waals surface area contributed by atoms with Gasteiger partial charge >= 0.3 is 0 Å². The number of anilines is 1. The molecule has 0 saturated heterocycles. The molecule has 0 bridgehead atoms. The molecule has 2 nitrogen and oxygen atoms in total. The Kier molecular flexibility index (Phi) is 4.06. The second-order valence-corrected chi connectivity index (χ2v) is 5.94. The van der Waals surface area contributed by atoms with E-state index in [-0.39, 0.29) is 0 Å². The zero-order valence-corrected chi connectivity index (χ0v) is 11.9. The van der Waals surface area contributed by atoms with Gasteiger partial charge in [-0.15, -0.1) is 11.3 Å². The average Bonchev–Trinajstić information content (AvgIpc) is 2.66. The smallest absolute Gasteiger partial charge is 0.107 e. The highest BCUT2D eigenvalue weighted by molar-refractivity contribution is 9.10. The van der Waals surface area contributed by atoms with Crippen molar-refractivity contribution in [1.82, 2.24) is 0 Å². The van der Waals surface area contributed by atoms with Crippen molar-refractivity contribution in [2.75, 3.05) is 5.32 Å². The Bertz CT molecular complexity index is 555. The molecule has 0 unspecified atom stereocenters. The average molecular weight is 328 g/mol. The van der Waals surface area contributed by atoms with Crippen molar-refractivity contribution in [2.45, 2.75) is 6.54 Å². The lowest BCUT2D eigenvalue weighted by Crippen LogP contribution is -1.99. The summed E-state index contributed by atoms with van der Waals surface area (Å²) in [4.78, 5) is 1.12. The number of thiophene rings is 1. The molecule has 2 rings (SSSR count). The van der Waals surface area contributed by atoms with E-state index >= 15 is 0 Å². The van der Waals surface area contributed by atoms with Gasteiger partial charge in [-0.3, -0.25) is 0 Å². The van der Waals surface area contributed by atoms with Gasteiger partial charge in [0.15, 0.2) is 0 Å². The fraction of sp³-hybridized carbons (Fsp3) is 0.0833. The highest BCUT2D eigenvalue weighted by Crippen LogP contribution is 2.32. The maximum atomic E-state index is 8.95.